The number of hydrogen-bond donors (Lipinski definition) is 1. The number of nitrogens with one attached hydrogen (secondary N) is 1. The van der Waals surface area contributed by atoms with Crippen molar-refractivity contribution in [3.63, 3.8) is 0 Å². The fourth-order valence-corrected chi connectivity index (χ4v) is 4.82. The molecule has 158 valence electrons. The molecule has 0 bridgehead atoms. The van der Waals surface area contributed by atoms with E-state index >= 15 is 0 Å². The summed E-state index contributed by atoms with van der Waals surface area (Å²) < 4.78 is 0. The maximum atomic E-state index is 13.7. The van der Waals surface area contributed by atoms with Crippen LogP contribution in [-0.4, -0.2) is 11.7 Å². The second kappa shape index (κ2) is 10.6. The Morgan fingerprint density at radius 1 is 0.625 bits per heavy atom. The van der Waals surface area contributed by atoms with E-state index in [-0.39, 0.29) is 11.7 Å². The van der Waals surface area contributed by atoms with E-state index in [1.54, 1.807) is 12.1 Å². The molecule has 0 saturated heterocycles. The van der Waals surface area contributed by atoms with Gasteiger partial charge in [-0.3, -0.25) is 9.59 Å². The van der Waals surface area contributed by atoms with Crippen molar-refractivity contribution in [2.45, 2.75) is 10.1 Å². The van der Waals surface area contributed by atoms with Crippen LogP contribution in [-0.2, 0) is 4.79 Å². The van der Waals surface area contributed by atoms with Gasteiger partial charge in [0.05, 0.1) is 5.25 Å². The number of rotatable bonds is 8. The van der Waals surface area contributed by atoms with Gasteiger partial charge in [-0.25, -0.2) is 0 Å². The third kappa shape index (κ3) is 5.34. The third-order valence-electron chi connectivity index (χ3n) is 5.10. The summed E-state index contributed by atoms with van der Waals surface area (Å²) in [7, 11) is 0. The molecule has 0 spiro atoms. The molecule has 3 nitrogen and oxygen atoms in total. The molecule has 4 heteroatoms. The van der Waals surface area contributed by atoms with Crippen molar-refractivity contribution in [1.82, 2.24) is 0 Å². The van der Waals surface area contributed by atoms with Crippen molar-refractivity contribution < 1.29 is 9.59 Å². The molecule has 0 aliphatic heterocycles. The third-order valence-corrected chi connectivity index (χ3v) is 6.44. The Balaban J connectivity index is 1.76. The Bertz CT molecular complexity index is 1150. The zero-order valence-electron chi connectivity index (χ0n) is 17.4. The molecule has 2 atom stereocenters. The van der Waals surface area contributed by atoms with Gasteiger partial charge in [0.2, 0.25) is 5.91 Å². The monoisotopic (exact) mass is 437 g/mol. The smallest absolute Gasteiger partial charge is 0.236 e. The number of hydrogen-bond acceptors (Lipinski definition) is 3. The second-order valence-corrected chi connectivity index (χ2v) is 8.54. The van der Waals surface area contributed by atoms with E-state index in [1.165, 1.54) is 11.8 Å². The van der Waals surface area contributed by atoms with Crippen LogP contribution in [0.2, 0.25) is 0 Å². The summed E-state index contributed by atoms with van der Waals surface area (Å²) in [6, 6.07) is 37.9. The molecule has 0 heterocycles. The molecule has 4 aromatic rings. The van der Waals surface area contributed by atoms with E-state index in [4.69, 9.17) is 0 Å². The summed E-state index contributed by atoms with van der Waals surface area (Å²) in [6.07, 6.45) is 0. The quantitative estimate of drug-likeness (QED) is 0.190. The highest BCUT2D eigenvalue weighted by Gasteiger charge is 2.37. The highest BCUT2D eigenvalue weighted by molar-refractivity contribution is 7.99. The van der Waals surface area contributed by atoms with Crippen LogP contribution < -0.4 is 5.32 Å². The normalized spacial score (nSPS) is 12.5. The number of anilines is 1. The van der Waals surface area contributed by atoms with Gasteiger partial charge in [-0.1, -0.05) is 97.1 Å². The molecule has 4 rings (SSSR count). The molecule has 0 fully saturated rings. The maximum Gasteiger partial charge on any atom is 0.236 e. The molecule has 0 radical (unpaired) electrons. The van der Waals surface area contributed by atoms with Gasteiger partial charge in [0.1, 0.15) is 5.92 Å². The first-order valence-corrected chi connectivity index (χ1v) is 11.3. The number of thioether (sulfide) groups is 1. The number of carbonyl (C=O) groups is 2. The summed E-state index contributed by atoms with van der Waals surface area (Å²) in [4.78, 5) is 28.3. The van der Waals surface area contributed by atoms with Gasteiger partial charge in [0.25, 0.3) is 0 Å². The Kier molecular flexibility index (Phi) is 7.15. The highest BCUT2D eigenvalue weighted by Crippen LogP contribution is 2.42. The van der Waals surface area contributed by atoms with Gasteiger partial charge < -0.3 is 5.32 Å². The average Bonchev–Trinajstić information content (AvgIpc) is 2.86. The highest BCUT2D eigenvalue weighted by atomic mass is 32.2. The van der Waals surface area contributed by atoms with Crippen molar-refractivity contribution in [2.75, 3.05) is 5.32 Å². The van der Waals surface area contributed by atoms with E-state index in [0.29, 0.717) is 11.3 Å². The summed E-state index contributed by atoms with van der Waals surface area (Å²) in [5.41, 5.74) is 2.12. The van der Waals surface area contributed by atoms with Gasteiger partial charge in [-0.2, -0.15) is 0 Å². The van der Waals surface area contributed by atoms with Gasteiger partial charge in [0.15, 0.2) is 5.78 Å². The Morgan fingerprint density at radius 2 is 1.12 bits per heavy atom. The molecule has 0 aliphatic carbocycles. The van der Waals surface area contributed by atoms with Crippen LogP contribution in [0.3, 0.4) is 0 Å². The average molecular weight is 438 g/mol. The van der Waals surface area contributed by atoms with Gasteiger partial charge >= 0.3 is 0 Å². The van der Waals surface area contributed by atoms with Crippen molar-refractivity contribution in [3.8, 4) is 0 Å². The van der Waals surface area contributed by atoms with Crippen molar-refractivity contribution in [2.24, 2.45) is 5.92 Å². The lowest BCUT2D eigenvalue weighted by atomic mass is 9.89. The van der Waals surface area contributed by atoms with Gasteiger partial charge in [-0.05, 0) is 29.8 Å². The lowest BCUT2D eigenvalue weighted by molar-refractivity contribution is -0.118. The standard InChI is InChI=1S/C28H23NO2S/c30-26(21-13-5-1-6-14-21)25(28(31)29-23-17-9-3-10-18-23)27(22-15-7-2-8-16-22)32-24-19-11-4-12-20-24/h1-20,25,27H,(H,29,31). The van der Waals surface area contributed by atoms with Crippen LogP contribution in [0.1, 0.15) is 21.2 Å². The minimum absolute atomic E-state index is 0.198. The van der Waals surface area contributed by atoms with Crippen LogP contribution in [0, 0.1) is 5.92 Å². The molecule has 0 aromatic heterocycles. The van der Waals surface area contributed by atoms with Crippen molar-refractivity contribution in [1.29, 1.82) is 0 Å². The minimum Gasteiger partial charge on any atom is -0.325 e. The van der Waals surface area contributed by atoms with E-state index in [9.17, 15) is 9.59 Å². The molecular formula is C28H23NO2S. The summed E-state index contributed by atoms with van der Waals surface area (Å²) >= 11 is 1.53. The zero-order chi connectivity index (χ0) is 22.2. The Labute approximate surface area is 192 Å². The van der Waals surface area contributed by atoms with Crippen LogP contribution in [0.15, 0.2) is 126 Å². The molecule has 0 aliphatic rings. The van der Waals surface area contributed by atoms with Crippen LogP contribution >= 0.6 is 11.8 Å². The second-order valence-electron chi connectivity index (χ2n) is 7.33. The predicted molar refractivity (Wildman–Crippen MR) is 131 cm³/mol. The molecule has 1 N–H and O–H groups in total. The predicted octanol–water partition coefficient (Wildman–Crippen LogP) is 6.66. The largest absolute Gasteiger partial charge is 0.325 e. The molecule has 1 amide bonds. The summed E-state index contributed by atoms with van der Waals surface area (Å²) in [5, 5.41) is 2.56. The van der Waals surface area contributed by atoms with Crippen molar-refractivity contribution >= 4 is 29.1 Å². The lowest BCUT2D eigenvalue weighted by Gasteiger charge is -2.26. The van der Waals surface area contributed by atoms with E-state index in [1.807, 2.05) is 109 Å². The number of carbonyl (C=O) groups excluding carboxylic acids is 2. The SMILES string of the molecule is O=C(Nc1ccccc1)C(C(=O)c1ccccc1)C(Sc1ccccc1)c1ccccc1. The van der Waals surface area contributed by atoms with Gasteiger partial charge in [-0.15, -0.1) is 11.8 Å². The summed E-state index contributed by atoms with van der Waals surface area (Å²) in [6.45, 7) is 0. The Hall–Kier alpha value is -3.63. The van der Waals surface area contributed by atoms with Gasteiger partial charge in [0, 0.05) is 16.1 Å². The number of ketones is 1. The number of para-hydroxylation sites is 1. The van der Waals surface area contributed by atoms with Crippen molar-refractivity contribution in [3.05, 3.63) is 132 Å². The van der Waals surface area contributed by atoms with E-state index in [2.05, 4.69) is 5.32 Å². The molecule has 4 aromatic carbocycles. The first-order chi connectivity index (χ1) is 15.7. The van der Waals surface area contributed by atoms with E-state index < -0.39 is 11.2 Å². The van der Waals surface area contributed by atoms with Crippen LogP contribution in [0.4, 0.5) is 5.69 Å². The molecule has 32 heavy (non-hydrogen) atoms. The number of benzene rings is 4. The van der Waals surface area contributed by atoms with Crippen LogP contribution in [0.5, 0.6) is 0 Å². The van der Waals surface area contributed by atoms with E-state index in [0.717, 1.165) is 10.5 Å². The molecule has 0 saturated carbocycles. The maximum absolute atomic E-state index is 13.7. The zero-order valence-corrected chi connectivity index (χ0v) is 18.2. The first-order valence-electron chi connectivity index (χ1n) is 10.4. The van der Waals surface area contributed by atoms with Crippen LogP contribution in [0.25, 0.3) is 0 Å². The molecule has 2 unspecified atom stereocenters. The topological polar surface area (TPSA) is 46.2 Å². The number of Topliss-reactive ketones (excluding diaryl/α,β-unsaturated/α-hetero) is 1. The fourth-order valence-electron chi connectivity index (χ4n) is 3.53. The number of amides is 1. The lowest BCUT2D eigenvalue weighted by Crippen LogP contribution is -2.34. The first kappa shape index (κ1) is 21.6. The fraction of sp³-hybridized carbons (Fsp3) is 0.0714. The summed E-state index contributed by atoms with van der Waals surface area (Å²) in [5.74, 6) is -1.43. The molecular weight excluding hydrogens is 414 g/mol. The minimum atomic E-state index is -0.912. The Morgan fingerprint density at radius 3 is 1.72 bits per heavy atom.